The first-order chi connectivity index (χ1) is 9.70. The van der Waals surface area contributed by atoms with Gasteiger partial charge in [0.25, 0.3) is 0 Å². The molecule has 0 aromatic carbocycles. The van der Waals surface area contributed by atoms with Crippen LogP contribution in [0.2, 0.25) is 0 Å². The molecule has 0 spiro atoms. The molecule has 0 rings (SSSR count). The molecular weight excluding hydrogens is 268 g/mol. The zero-order chi connectivity index (χ0) is 15.1. The van der Waals surface area contributed by atoms with Crippen LogP contribution in [0.4, 0.5) is 0 Å². The molecule has 20 heavy (non-hydrogen) atoms. The lowest BCUT2D eigenvalue weighted by molar-refractivity contribution is -0.0749. The standard InChI is InChI=1S/C13H24O7/c1-3-16-10-19-7-12(14)5-6-18-8-13(15)9-20-11-17-4-2/h3-4,12-15H,1-2,5-11H2. The molecule has 0 aliphatic heterocycles. The average molecular weight is 292 g/mol. The van der Waals surface area contributed by atoms with Crippen LogP contribution in [0.1, 0.15) is 6.42 Å². The molecule has 0 fully saturated rings. The first-order valence-corrected chi connectivity index (χ1v) is 6.25. The van der Waals surface area contributed by atoms with Gasteiger partial charge in [0, 0.05) is 6.61 Å². The average Bonchev–Trinajstić information content (AvgIpc) is 2.44. The predicted molar refractivity (Wildman–Crippen MR) is 71.7 cm³/mol. The van der Waals surface area contributed by atoms with Crippen molar-refractivity contribution in [2.24, 2.45) is 0 Å². The summed E-state index contributed by atoms with van der Waals surface area (Å²) in [7, 11) is 0. The summed E-state index contributed by atoms with van der Waals surface area (Å²) < 4.78 is 24.6. The van der Waals surface area contributed by atoms with Crippen molar-refractivity contribution in [2.45, 2.75) is 18.6 Å². The Labute approximate surface area is 119 Å². The topological polar surface area (TPSA) is 86.6 Å². The van der Waals surface area contributed by atoms with Crippen molar-refractivity contribution < 1.29 is 33.9 Å². The van der Waals surface area contributed by atoms with E-state index >= 15 is 0 Å². The Bertz CT molecular complexity index is 211. The number of aliphatic hydroxyl groups excluding tert-OH is 2. The summed E-state index contributed by atoms with van der Waals surface area (Å²) >= 11 is 0. The molecule has 0 saturated heterocycles. The minimum atomic E-state index is -0.738. The van der Waals surface area contributed by atoms with E-state index in [2.05, 4.69) is 13.2 Å². The molecule has 7 heteroatoms. The Hall–Kier alpha value is -1.12. The SMILES string of the molecule is C=COCOCC(O)CCOCC(O)COCOC=C. The van der Waals surface area contributed by atoms with E-state index in [9.17, 15) is 10.2 Å². The van der Waals surface area contributed by atoms with Gasteiger partial charge in [0.15, 0.2) is 13.6 Å². The third-order valence-electron chi connectivity index (χ3n) is 2.06. The van der Waals surface area contributed by atoms with Crippen molar-refractivity contribution in [3.8, 4) is 0 Å². The van der Waals surface area contributed by atoms with Crippen molar-refractivity contribution >= 4 is 0 Å². The van der Waals surface area contributed by atoms with Gasteiger partial charge in [0.05, 0.1) is 38.4 Å². The van der Waals surface area contributed by atoms with Crippen LogP contribution in [0.5, 0.6) is 0 Å². The molecule has 2 N–H and O–H groups in total. The molecule has 0 heterocycles. The largest absolute Gasteiger partial charge is 0.476 e. The van der Waals surface area contributed by atoms with Crippen LogP contribution in [0.15, 0.2) is 25.7 Å². The number of hydrogen-bond acceptors (Lipinski definition) is 7. The van der Waals surface area contributed by atoms with E-state index in [1.165, 1.54) is 12.5 Å². The third kappa shape index (κ3) is 13.3. The Balaban J connectivity index is 3.31. The minimum absolute atomic E-state index is 0.0450. The van der Waals surface area contributed by atoms with Gasteiger partial charge in [-0.3, -0.25) is 0 Å². The van der Waals surface area contributed by atoms with Gasteiger partial charge in [-0.1, -0.05) is 13.2 Å². The second-order valence-corrected chi connectivity index (χ2v) is 3.82. The van der Waals surface area contributed by atoms with Crippen LogP contribution in [-0.2, 0) is 23.7 Å². The maximum absolute atomic E-state index is 9.51. The lowest BCUT2D eigenvalue weighted by atomic mass is 10.3. The van der Waals surface area contributed by atoms with Crippen molar-refractivity contribution in [3.63, 3.8) is 0 Å². The number of aliphatic hydroxyl groups is 2. The molecule has 0 saturated carbocycles. The van der Waals surface area contributed by atoms with Crippen LogP contribution in [-0.4, -0.2) is 62.4 Å². The molecule has 0 radical (unpaired) electrons. The second kappa shape index (κ2) is 14.3. The van der Waals surface area contributed by atoms with Gasteiger partial charge in [0.1, 0.15) is 6.10 Å². The van der Waals surface area contributed by atoms with Gasteiger partial charge in [-0.2, -0.15) is 0 Å². The molecule has 0 bridgehead atoms. The highest BCUT2D eigenvalue weighted by molar-refractivity contribution is 4.55. The van der Waals surface area contributed by atoms with Crippen LogP contribution >= 0.6 is 0 Å². The summed E-state index contributed by atoms with van der Waals surface area (Å²) in [4.78, 5) is 0. The van der Waals surface area contributed by atoms with Crippen LogP contribution in [0.3, 0.4) is 0 Å². The molecule has 0 aromatic heterocycles. The summed E-state index contributed by atoms with van der Waals surface area (Å²) in [6.07, 6.45) is 1.54. The lowest BCUT2D eigenvalue weighted by Crippen LogP contribution is -2.24. The monoisotopic (exact) mass is 292 g/mol. The summed E-state index contributed by atoms with van der Waals surface area (Å²) in [5, 5.41) is 19.0. The minimum Gasteiger partial charge on any atom is -0.476 e. The Kier molecular flexibility index (Phi) is 13.5. The van der Waals surface area contributed by atoms with E-state index in [1.54, 1.807) is 0 Å². The summed E-state index contributed by atoms with van der Waals surface area (Å²) in [6.45, 7) is 7.51. The molecule has 2 unspecified atom stereocenters. The Morgan fingerprint density at radius 1 is 0.800 bits per heavy atom. The third-order valence-corrected chi connectivity index (χ3v) is 2.06. The van der Waals surface area contributed by atoms with Gasteiger partial charge >= 0.3 is 0 Å². The first-order valence-electron chi connectivity index (χ1n) is 6.25. The molecule has 0 aliphatic rings. The summed E-state index contributed by atoms with van der Waals surface area (Å²) in [5.41, 5.74) is 0. The molecule has 0 amide bonds. The van der Waals surface area contributed by atoms with Gasteiger partial charge in [-0.25, -0.2) is 0 Å². The van der Waals surface area contributed by atoms with E-state index in [1.807, 2.05) is 0 Å². The summed E-state index contributed by atoms with van der Waals surface area (Å²) in [6, 6.07) is 0. The highest BCUT2D eigenvalue weighted by Gasteiger charge is 2.07. The van der Waals surface area contributed by atoms with Gasteiger partial charge in [0.2, 0.25) is 0 Å². The molecule has 0 aliphatic carbocycles. The predicted octanol–water partition coefficient (Wildman–Crippen LogP) is 0.383. The number of hydrogen-bond donors (Lipinski definition) is 2. The second-order valence-electron chi connectivity index (χ2n) is 3.82. The van der Waals surface area contributed by atoms with E-state index < -0.39 is 12.2 Å². The zero-order valence-electron chi connectivity index (χ0n) is 11.6. The van der Waals surface area contributed by atoms with Crippen molar-refractivity contribution in [2.75, 3.05) is 40.0 Å². The Morgan fingerprint density at radius 2 is 1.30 bits per heavy atom. The quantitative estimate of drug-likeness (QED) is 0.256. The fourth-order valence-electron chi connectivity index (χ4n) is 1.13. The van der Waals surface area contributed by atoms with E-state index in [0.717, 1.165) is 0 Å². The molecule has 2 atom stereocenters. The fourth-order valence-corrected chi connectivity index (χ4v) is 1.13. The van der Waals surface area contributed by atoms with Gasteiger partial charge < -0.3 is 33.9 Å². The molecule has 0 aromatic rings. The van der Waals surface area contributed by atoms with E-state index in [-0.39, 0.29) is 33.4 Å². The number of rotatable bonds is 15. The Morgan fingerprint density at radius 3 is 1.85 bits per heavy atom. The summed E-state index contributed by atoms with van der Waals surface area (Å²) in [5.74, 6) is 0. The van der Waals surface area contributed by atoms with E-state index in [4.69, 9.17) is 23.7 Å². The van der Waals surface area contributed by atoms with Crippen LogP contribution < -0.4 is 0 Å². The first kappa shape index (κ1) is 18.9. The molecular formula is C13H24O7. The maximum Gasteiger partial charge on any atom is 0.188 e. The number of ether oxygens (including phenoxy) is 5. The molecule has 118 valence electrons. The highest BCUT2D eigenvalue weighted by Crippen LogP contribution is 1.96. The van der Waals surface area contributed by atoms with Gasteiger partial charge in [-0.15, -0.1) is 0 Å². The zero-order valence-corrected chi connectivity index (χ0v) is 11.6. The van der Waals surface area contributed by atoms with Crippen molar-refractivity contribution in [3.05, 3.63) is 25.7 Å². The normalized spacial score (nSPS) is 13.5. The lowest BCUT2D eigenvalue weighted by Gasteiger charge is -2.13. The highest BCUT2D eigenvalue weighted by atomic mass is 16.7. The fraction of sp³-hybridized carbons (Fsp3) is 0.692. The molecule has 7 nitrogen and oxygen atoms in total. The maximum atomic E-state index is 9.51. The van der Waals surface area contributed by atoms with Gasteiger partial charge in [-0.05, 0) is 6.42 Å². The van der Waals surface area contributed by atoms with Crippen LogP contribution in [0, 0.1) is 0 Å². The van der Waals surface area contributed by atoms with E-state index in [0.29, 0.717) is 13.0 Å². The van der Waals surface area contributed by atoms with Crippen molar-refractivity contribution in [1.29, 1.82) is 0 Å². The van der Waals surface area contributed by atoms with Crippen LogP contribution in [0.25, 0.3) is 0 Å². The van der Waals surface area contributed by atoms with Crippen molar-refractivity contribution in [1.82, 2.24) is 0 Å². The smallest absolute Gasteiger partial charge is 0.188 e.